The molecule has 0 aliphatic rings. The van der Waals surface area contributed by atoms with Crippen molar-refractivity contribution >= 4 is 5.97 Å². The van der Waals surface area contributed by atoms with Gasteiger partial charge in [-0.1, -0.05) is 13.2 Å². The van der Waals surface area contributed by atoms with Gasteiger partial charge in [-0.3, -0.25) is 0 Å². The molecule has 50 valence electrons. The van der Waals surface area contributed by atoms with Crippen LogP contribution in [0.5, 0.6) is 0 Å². The van der Waals surface area contributed by atoms with Crippen LogP contribution in [0.15, 0.2) is 24.4 Å². The molecule has 0 saturated carbocycles. The van der Waals surface area contributed by atoms with Crippen LogP contribution in [-0.2, 0) is 9.53 Å². The quantitative estimate of drug-likeness (QED) is 0.327. The zero-order valence-corrected chi connectivity index (χ0v) is 5.31. The standard InChI is InChI=1S/C6H9NO2/c1-4(5(2)7)6(8)9-3/h1-2,7H2,3H3. The predicted molar refractivity (Wildman–Crippen MR) is 34.5 cm³/mol. The third kappa shape index (κ3) is 1.99. The van der Waals surface area contributed by atoms with E-state index in [2.05, 4.69) is 17.9 Å². The highest BCUT2D eigenvalue weighted by atomic mass is 16.5. The van der Waals surface area contributed by atoms with Crippen molar-refractivity contribution in [2.45, 2.75) is 0 Å². The summed E-state index contributed by atoms with van der Waals surface area (Å²) in [6.45, 7) is 6.63. The zero-order chi connectivity index (χ0) is 7.44. The highest BCUT2D eigenvalue weighted by Crippen LogP contribution is 1.98. The molecule has 0 saturated heterocycles. The molecular weight excluding hydrogens is 118 g/mol. The maximum atomic E-state index is 10.5. The fourth-order valence-electron chi connectivity index (χ4n) is 0.254. The van der Waals surface area contributed by atoms with Crippen molar-refractivity contribution in [3.05, 3.63) is 24.4 Å². The van der Waals surface area contributed by atoms with Gasteiger partial charge in [0.05, 0.1) is 12.7 Å². The average Bonchev–Trinajstić information content (AvgIpc) is 1.84. The minimum atomic E-state index is -0.539. The molecule has 3 heteroatoms. The van der Waals surface area contributed by atoms with E-state index in [1.165, 1.54) is 7.11 Å². The first-order valence-corrected chi connectivity index (χ1v) is 2.31. The summed E-state index contributed by atoms with van der Waals surface area (Å²) in [6.07, 6.45) is 0. The Morgan fingerprint density at radius 1 is 1.56 bits per heavy atom. The molecule has 0 rings (SSSR count). The lowest BCUT2D eigenvalue weighted by Crippen LogP contribution is -2.09. The molecule has 3 nitrogen and oxygen atoms in total. The van der Waals surface area contributed by atoms with Gasteiger partial charge in [0.2, 0.25) is 0 Å². The fraction of sp³-hybridized carbons (Fsp3) is 0.167. The Balaban J connectivity index is 4.05. The number of ether oxygens (including phenoxy) is 1. The molecule has 0 radical (unpaired) electrons. The highest BCUT2D eigenvalue weighted by molar-refractivity contribution is 5.91. The Bertz CT molecular complexity index is 160. The summed E-state index contributed by atoms with van der Waals surface area (Å²) in [6, 6.07) is 0. The molecule has 0 heterocycles. The molecule has 0 fully saturated rings. The summed E-state index contributed by atoms with van der Waals surface area (Å²) in [5, 5.41) is 0. The third-order valence-electron chi connectivity index (χ3n) is 0.819. The summed E-state index contributed by atoms with van der Waals surface area (Å²) in [4.78, 5) is 10.5. The normalized spacial score (nSPS) is 8.11. The van der Waals surface area contributed by atoms with E-state index in [-0.39, 0.29) is 11.3 Å². The number of methoxy groups -OCH3 is 1. The van der Waals surface area contributed by atoms with E-state index in [1.807, 2.05) is 0 Å². The van der Waals surface area contributed by atoms with Crippen molar-refractivity contribution in [1.82, 2.24) is 0 Å². The first-order chi connectivity index (χ1) is 4.09. The van der Waals surface area contributed by atoms with E-state index in [4.69, 9.17) is 5.73 Å². The molecule has 2 N–H and O–H groups in total. The van der Waals surface area contributed by atoms with Gasteiger partial charge in [0.1, 0.15) is 0 Å². The molecule has 0 aromatic rings. The number of carbonyl (C=O) groups excluding carboxylic acids is 1. The number of nitrogens with two attached hydrogens (primary N) is 1. The molecular formula is C6H9NO2. The second kappa shape index (κ2) is 2.91. The van der Waals surface area contributed by atoms with Gasteiger partial charge in [0, 0.05) is 5.70 Å². The highest BCUT2D eigenvalue weighted by Gasteiger charge is 2.05. The van der Waals surface area contributed by atoms with E-state index in [1.54, 1.807) is 0 Å². The predicted octanol–water partition coefficient (Wildman–Crippen LogP) is 0.188. The summed E-state index contributed by atoms with van der Waals surface area (Å²) in [7, 11) is 1.26. The Morgan fingerprint density at radius 3 is 2.11 bits per heavy atom. The minimum Gasteiger partial charge on any atom is -0.465 e. The molecule has 0 atom stereocenters. The maximum absolute atomic E-state index is 10.5. The van der Waals surface area contributed by atoms with Crippen LogP contribution in [0.2, 0.25) is 0 Å². The van der Waals surface area contributed by atoms with Crippen LogP contribution in [-0.4, -0.2) is 13.1 Å². The first kappa shape index (κ1) is 7.75. The molecule has 0 spiro atoms. The van der Waals surface area contributed by atoms with E-state index < -0.39 is 5.97 Å². The number of rotatable bonds is 2. The molecule has 0 aromatic heterocycles. The van der Waals surface area contributed by atoms with Crippen molar-refractivity contribution in [3.8, 4) is 0 Å². The lowest BCUT2D eigenvalue weighted by atomic mass is 10.2. The van der Waals surface area contributed by atoms with Gasteiger partial charge >= 0.3 is 5.97 Å². The minimum absolute atomic E-state index is 0.109. The van der Waals surface area contributed by atoms with Crippen molar-refractivity contribution < 1.29 is 9.53 Å². The van der Waals surface area contributed by atoms with E-state index in [0.717, 1.165) is 0 Å². The molecule has 0 aromatic carbocycles. The van der Waals surface area contributed by atoms with Gasteiger partial charge in [-0.25, -0.2) is 4.79 Å². The van der Waals surface area contributed by atoms with Gasteiger partial charge in [-0.05, 0) is 0 Å². The summed E-state index contributed by atoms with van der Waals surface area (Å²) in [5.74, 6) is -0.539. The Morgan fingerprint density at radius 2 is 2.00 bits per heavy atom. The summed E-state index contributed by atoms with van der Waals surface area (Å²) in [5.41, 5.74) is 5.37. The van der Waals surface area contributed by atoms with Gasteiger partial charge < -0.3 is 10.5 Å². The number of esters is 1. The van der Waals surface area contributed by atoms with Crippen molar-refractivity contribution in [2.24, 2.45) is 5.73 Å². The number of carbonyl (C=O) groups is 1. The van der Waals surface area contributed by atoms with Crippen LogP contribution in [0.25, 0.3) is 0 Å². The molecule has 0 bridgehead atoms. The number of hydrogen-bond acceptors (Lipinski definition) is 3. The fourth-order valence-corrected chi connectivity index (χ4v) is 0.254. The maximum Gasteiger partial charge on any atom is 0.339 e. The lowest BCUT2D eigenvalue weighted by molar-refractivity contribution is -0.135. The third-order valence-corrected chi connectivity index (χ3v) is 0.819. The molecule has 0 aliphatic carbocycles. The summed E-state index contributed by atoms with van der Waals surface area (Å²) >= 11 is 0. The SMILES string of the molecule is C=C(N)C(=C)C(=O)OC. The van der Waals surface area contributed by atoms with Gasteiger partial charge in [0.15, 0.2) is 0 Å². The Labute approximate surface area is 53.8 Å². The van der Waals surface area contributed by atoms with Gasteiger partial charge in [-0.15, -0.1) is 0 Å². The van der Waals surface area contributed by atoms with Crippen molar-refractivity contribution in [2.75, 3.05) is 7.11 Å². The van der Waals surface area contributed by atoms with E-state index in [0.29, 0.717) is 0 Å². The van der Waals surface area contributed by atoms with Crippen LogP contribution in [0.4, 0.5) is 0 Å². The zero-order valence-electron chi connectivity index (χ0n) is 5.31. The van der Waals surface area contributed by atoms with E-state index in [9.17, 15) is 4.79 Å². The monoisotopic (exact) mass is 127 g/mol. The van der Waals surface area contributed by atoms with Gasteiger partial charge in [-0.2, -0.15) is 0 Å². The van der Waals surface area contributed by atoms with Crippen LogP contribution in [0.1, 0.15) is 0 Å². The van der Waals surface area contributed by atoms with E-state index >= 15 is 0 Å². The van der Waals surface area contributed by atoms with Crippen molar-refractivity contribution in [1.29, 1.82) is 0 Å². The van der Waals surface area contributed by atoms with Crippen LogP contribution >= 0.6 is 0 Å². The first-order valence-electron chi connectivity index (χ1n) is 2.31. The second-order valence-electron chi connectivity index (χ2n) is 1.50. The summed E-state index contributed by atoms with van der Waals surface area (Å²) < 4.78 is 4.29. The Kier molecular flexibility index (Phi) is 2.51. The molecule has 0 aliphatic heterocycles. The Hall–Kier alpha value is -1.25. The van der Waals surface area contributed by atoms with Crippen LogP contribution < -0.4 is 5.73 Å². The second-order valence-corrected chi connectivity index (χ2v) is 1.50. The number of hydrogen-bond donors (Lipinski definition) is 1. The lowest BCUT2D eigenvalue weighted by Gasteiger charge is -1.99. The topological polar surface area (TPSA) is 52.3 Å². The average molecular weight is 127 g/mol. The van der Waals surface area contributed by atoms with Gasteiger partial charge in [0.25, 0.3) is 0 Å². The van der Waals surface area contributed by atoms with Crippen LogP contribution in [0, 0.1) is 0 Å². The smallest absolute Gasteiger partial charge is 0.339 e. The molecule has 9 heavy (non-hydrogen) atoms. The van der Waals surface area contributed by atoms with Crippen LogP contribution in [0.3, 0.4) is 0 Å². The largest absolute Gasteiger partial charge is 0.465 e. The van der Waals surface area contributed by atoms with Crippen molar-refractivity contribution in [3.63, 3.8) is 0 Å². The molecule has 0 amide bonds. The molecule has 0 unspecified atom stereocenters.